The predicted molar refractivity (Wildman–Crippen MR) is 109 cm³/mol. The lowest BCUT2D eigenvalue weighted by Gasteiger charge is -2.31. The Labute approximate surface area is 170 Å². The molecule has 3 aromatic rings. The molecule has 0 heterocycles. The molecule has 1 atom stereocenters. The van der Waals surface area contributed by atoms with Crippen molar-refractivity contribution in [2.45, 2.75) is 12.1 Å². The number of hydrogen-bond donors (Lipinski definition) is 2. The van der Waals surface area contributed by atoms with Gasteiger partial charge in [0.05, 0.1) is 6.42 Å². The van der Waals surface area contributed by atoms with Crippen LogP contribution < -0.4 is 28.3 Å². The Hall–Kier alpha value is -2.68. The SMILES string of the molecule is O=C(O)CC(C(=O)O)[P+](c1ccccc1)(c1ccccc1)c1ccccc1.[Cl-]. The molecule has 0 spiro atoms. The third-order valence-corrected chi connectivity index (χ3v) is 9.29. The lowest BCUT2D eigenvalue weighted by molar-refractivity contribution is -0.143. The average molecular weight is 415 g/mol. The Bertz CT molecular complexity index is 820. The summed E-state index contributed by atoms with van der Waals surface area (Å²) in [6.07, 6.45) is -0.443. The summed E-state index contributed by atoms with van der Waals surface area (Å²) in [6.45, 7) is 0. The van der Waals surface area contributed by atoms with E-state index in [9.17, 15) is 19.8 Å². The molecule has 0 saturated carbocycles. The number of carboxylic acids is 2. The Morgan fingerprint density at radius 2 is 1.00 bits per heavy atom. The van der Waals surface area contributed by atoms with E-state index >= 15 is 0 Å². The first-order valence-corrected chi connectivity index (χ1v) is 10.4. The van der Waals surface area contributed by atoms with Crippen LogP contribution in [-0.2, 0) is 9.59 Å². The maximum Gasteiger partial charge on any atom is 0.346 e. The second kappa shape index (κ2) is 9.50. The van der Waals surface area contributed by atoms with Gasteiger partial charge in [-0.2, -0.15) is 0 Å². The summed E-state index contributed by atoms with van der Waals surface area (Å²) >= 11 is 0. The van der Waals surface area contributed by atoms with Gasteiger partial charge in [0.25, 0.3) is 0 Å². The number of carboxylic acid groups (broad SMARTS) is 2. The Balaban J connectivity index is 0.00000280. The summed E-state index contributed by atoms with van der Waals surface area (Å²) < 4.78 is 0. The minimum absolute atomic E-state index is 0. The molecule has 2 N–H and O–H groups in total. The fourth-order valence-electron chi connectivity index (χ4n) is 3.53. The molecule has 144 valence electrons. The molecule has 0 fully saturated rings. The molecule has 28 heavy (non-hydrogen) atoms. The van der Waals surface area contributed by atoms with Crippen molar-refractivity contribution in [3.63, 3.8) is 0 Å². The van der Waals surface area contributed by atoms with Crippen LogP contribution in [0.4, 0.5) is 0 Å². The standard InChI is InChI=1S/C22H19O4P.ClH/c23-21(24)16-20(22(25)26)27(17-10-4-1-5-11-17,18-12-6-2-7-13-18)19-14-8-3-9-15-19;/h1-15,20H,16H2,(H-,23,24,25,26);1H. The minimum atomic E-state index is -2.75. The van der Waals surface area contributed by atoms with Crippen molar-refractivity contribution < 1.29 is 32.2 Å². The zero-order chi connectivity index (χ0) is 19.3. The maximum absolute atomic E-state index is 12.4. The number of rotatable bonds is 7. The van der Waals surface area contributed by atoms with Gasteiger partial charge in [-0.3, -0.25) is 4.79 Å². The van der Waals surface area contributed by atoms with Gasteiger partial charge in [0, 0.05) is 0 Å². The molecule has 0 aliphatic carbocycles. The topological polar surface area (TPSA) is 74.6 Å². The van der Waals surface area contributed by atoms with Crippen molar-refractivity contribution in [1.29, 1.82) is 0 Å². The van der Waals surface area contributed by atoms with Gasteiger partial charge in [0.15, 0.2) is 5.66 Å². The van der Waals surface area contributed by atoms with Crippen LogP contribution in [0.1, 0.15) is 6.42 Å². The van der Waals surface area contributed by atoms with Gasteiger partial charge in [-0.1, -0.05) is 54.6 Å². The number of carbonyl (C=O) groups is 2. The van der Waals surface area contributed by atoms with Crippen LogP contribution >= 0.6 is 7.26 Å². The van der Waals surface area contributed by atoms with Crippen molar-refractivity contribution in [1.82, 2.24) is 0 Å². The highest BCUT2D eigenvalue weighted by atomic mass is 35.5. The molecule has 0 aliphatic heterocycles. The third kappa shape index (κ3) is 4.09. The first-order valence-electron chi connectivity index (χ1n) is 8.57. The number of aliphatic carboxylic acids is 2. The van der Waals surface area contributed by atoms with E-state index in [2.05, 4.69) is 0 Å². The quantitative estimate of drug-likeness (QED) is 0.530. The van der Waals surface area contributed by atoms with Crippen LogP contribution in [0.2, 0.25) is 0 Å². The van der Waals surface area contributed by atoms with E-state index in [0.29, 0.717) is 0 Å². The molecule has 0 bridgehead atoms. The first-order chi connectivity index (χ1) is 13.1. The van der Waals surface area contributed by atoms with Crippen LogP contribution in [0.3, 0.4) is 0 Å². The summed E-state index contributed by atoms with van der Waals surface area (Å²) in [5, 5.41) is 22.2. The number of benzene rings is 3. The zero-order valence-corrected chi connectivity index (χ0v) is 16.6. The van der Waals surface area contributed by atoms with Crippen LogP contribution in [0, 0.1) is 0 Å². The fraction of sp³-hybridized carbons (Fsp3) is 0.0909. The second-order valence-electron chi connectivity index (χ2n) is 6.18. The first kappa shape index (κ1) is 21.6. The summed E-state index contributed by atoms with van der Waals surface area (Å²) in [6, 6.07) is 28.3. The Morgan fingerprint density at radius 3 is 1.25 bits per heavy atom. The van der Waals surface area contributed by atoms with Crippen LogP contribution in [0.25, 0.3) is 0 Å². The van der Waals surface area contributed by atoms with Crippen LogP contribution in [-0.4, -0.2) is 27.8 Å². The maximum atomic E-state index is 12.4. The summed E-state index contributed by atoms with van der Waals surface area (Å²) in [5.41, 5.74) is -1.07. The highest BCUT2D eigenvalue weighted by Gasteiger charge is 2.56. The van der Waals surface area contributed by atoms with Gasteiger partial charge in [0.1, 0.15) is 23.2 Å². The van der Waals surface area contributed by atoms with E-state index in [1.54, 1.807) is 0 Å². The van der Waals surface area contributed by atoms with Crippen molar-refractivity contribution in [3.8, 4) is 0 Å². The predicted octanol–water partition coefficient (Wildman–Crippen LogP) is -0.0876. The van der Waals surface area contributed by atoms with Gasteiger partial charge in [0.2, 0.25) is 0 Å². The normalized spacial score (nSPS) is 11.9. The van der Waals surface area contributed by atoms with Crippen molar-refractivity contribution in [3.05, 3.63) is 91.0 Å². The molecule has 3 aromatic carbocycles. The third-order valence-electron chi connectivity index (χ3n) is 4.61. The van der Waals surface area contributed by atoms with E-state index in [1.165, 1.54) is 0 Å². The molecular weight excluding hydrogens is 395 g/mol. The molecule has 4 nitrogen and oxygen atoms in total. The largest absolute Gasteiger partial charge is 1.00 e. The van der Waals surface area contributed by atoms with Gasteiger partial charge >= 0.3 is 11.9 Å². The fourth-order valence-corrected chi connectivity index (χ4v) is 8.19. The molecule has 3 rings (SSSR count). The number of hydrogen-bond acceptors (Lipinski definition) is 2. The summed E-state index contributed by atoms with van der Waals surface area (Å²) in [5.74, 6) is -2.21. The Morgan fingerprint density at radius 1 is 0.679 bits per heavy atom. The highest BCUT2D eigenvalue weighted by Crippen LogP contribution is 2.60. The van der Waals surface area contributed by atoms with Crippen molar-refractivity contribution in [2.75, 3.05) is 0 Å². The lowest BCUT2D eigenvalue weighted by Crippen LogP contribution is -3.00. The van der Waals surface area contributed by atoms with Gasteiger partial charge in [-0.05, 0) is 36.4 Å². The van der Waals surface area contributed by atoms with E-state index < -0.39 is 31.3 Å². The average Bonchev–Trinajstić information content (AvgIpc) is 2.70. The minimum Gasteiger partial charge on any atom is -1.00 e. The monoisotopic (exact) mass is 414 g/mol. The van der Waals surface area contributed by atoms with Gasteiger partial charge in [-0.15, -0.1) is 0 Å². The number of halogens is 1. The van der Waals surface area contributed by atoms with Crippen LogP contribution in [0.15, 0.2) is 91.0 Å². The van der Waals surface area contributed by atoms with Crippen LogP contribution in [0.5, 0.6) is 0 Å². The molecule has 0 amide bonds. The van der Waals surface area contributed by atoms with E-state index in [1.807, 2.05) is 91.0 Å². The molecule has 1 unspecified atom stereocenters. The molecule has 0 aromatic heterocycles. The molecular formula is C22H20ClO4P. The van der Waals surface area contributed by atoms with Gasteiger partial charge < -0.3 is 22.6 Å². The lowest BCUT2D eigenvalue weighted by atomic mass is 10.3. The zero-order valence-electron chi connectivity index (χ0n) is 15.0. The molecule has 0 radical (unpaired) electrons. The van der Waals surface area contributed by atoms with E-state index in [4.69, 9.17) is 0 Å². The van der Waals surface area contributed by atoms with E-state index in [-0.39, 0.29) is 12.4 Å². The molecule has 0 aliphatic rings. The summed E-state index contributed by atoms with van der Waals surface area (Å²) in [7, 11) is -2.75. The van der Waals surface area contributed by atoms with Crippen molar-refractivity contribution >= 4 is 35.1 Å². The van der Waals surface area contributed by atoms with Gasteiger partial charge in [-0.25, -0.2) is 4.79 Å². The van der Waals surface area contributed by atoms with Crippen molar-refractivity contribution in [2.24, 2.45) is 0 Å². The highest BCUT2D eigenvalue weighted by molar-refractivity contribution is 7.96. The Kier molecular flexibility index (Phi) is 7.33. The smallest absolute Gasteiger partial charge is 0.346 e. The summed E-state index contributed by atoms with van der Waals surface area (Å²) in [4.78, 5) is 24.0. The second-order valence-corrected chi connectivity index (χ2v) is 9.80. The molecule has 6 heteroatoms. The van der Waals surface area contributed by atoms with E-state index in [0.717, 1.165) is 15.9 Å². The molecule has 0 saturated heterocycles.